The van der Waals surface area contributed by atoms with Gasteiger partial charge in [0, 0.05) is 0 Å². The summed E-state index contributed by atoms with van der Waals surface area (Å²) in [5.41, 5.74) is 1.30. The molecule has 1 spiro atoms. The molecule has 1 aromatic rings. The van der Waals surface area contributed by atoms with Gasteiger partial charge in [0.1, 0.15) is 5.60 Å². The van der Waals surface area contributed by atoms with E-state index in [4.69, 9.17) is 9.84 Å². The predicted octanol–water partition coefficient (Wildman–Crippen LogP) is 4.39. The fraction of sp³-hybridized carbons (Fsp3) is 0.600. The van der Waals surface area contributed by atoms with Crippen molar-refractivity contribution in [2.45, 2.75) is 64.4 Å². The molecule has 2 saturated carbocycles. The highest BCUT2D eigenvalue weighted by molar-refractivity contribution is 5.87. The zero-order valence-corrected chi connectivity index (χ0v) is 14.7. The quantitative estimate of drug-likeness (QED) is 0.835. The third-order valence-corrected chi connectivity index (χ3v) is 5.49. The third kappa shape index (κ3) is 3.47. The van der Waals surface area contributed by atoms with E-state index in [9.17, 15) is 9.59 Å². The Morgan fingerprint density at radius 3 is 2.21 bits per heavy atom. The first-order valence-electron chi connectivity index (χ1n) is 8.76. The largest absolute Gasteiger partial charge is 0.478 e. The molecule has 24 heavy (non-hydrogen) atoms. The highest BCUT2D eigenvalue weighted by atomic mass is 16.6. The molecule has 0 heterocycles. The van der Waals surface area contributed by atoms with Gasteiger partial charge in [0.2, 0.25) is 0 Å². The van der Waals surface area contributed by atoms with Crippen LogP contribution in [0.2, 0.25) is 0 Å². The van der Waals surface area contributed by atoms with Crippen molar-refractivity contribution in [3.8, 4) is 0 Å². The van der Waals surface area contributed by atoms with Crippen LogP contribution in [-0.4, -0.2) is 22.6 Å². The lowest BCUT2D eigenvalue weighted by molar-refractivity contribution is -0.157. The summed E-state index contributed by atoms with van der Waals surface area (Å²) < 4.78 is 5.54. The molecule has 1 atom stereocenters. The van der Waals surface area contributed by atoms with Gasteiger partial charge in [-0.15, -0.1) is 0 Å². The van der Waals surface area contributed by atoms with Crippen LogP contribution in [0.15, 0.2) is 24.3 Å². The minimum atomic E-state index is -0.887. The fourth-order valence-corrected chi connectivity index (χ4v) is 4.03. The Bertz CT molecular complexity index is 631. The molecule has 0 unspecified atom stereocenters. The SMILES string of the molecule is CC(C)(C)OC(=O)[C@@H]1CC12CCC(c1ccc(C(=O)O)cc1)CC2. The van der Waals surface area contributed by atoms with Gasteiger partial charge < -0.3 is 9.84 Å². The molecule has 1 aromatic carbocycles. The topological polar surface area (TPSA) is 63.6 Å². The molecule has 1 N–H and O–H groups in total. The van der Waals surface area contributed by atoms with Gasteiger partial charge in [-0.3, -0.25) is 4.79 Å². The van der Waals surface area contributed by atoms with Crippen LogP contribution in [0.3, 0.4) is 0 Å². The number of aromatic carboxylic acids is 1. The summed E-state index contributed by atoms with van der Waals surface area (Å²) in [4.78, 5) is 23.2. The lowest BCUT2D eigenvalue weighted by Gasteiger charge is -2.30. The second-order valence-electron chi connectivity index (χ2n) is 8.35. The van der Waals surface area contributed by atoms with Crippen LogP contribution in [0, 0.1) is 11.3 Å². The highest BCUT2D eigenvalue weighted by Crippen LogP contribution is 2.63. The van der Waals surface area contributed by atoms with Gasteiger partial charge in [-0.05, 0) is 81.9 Å². The molecule has 0 saturated heterocycles. The van der Waals surface area contributed by atoms with Crippen molar-refractivity contribution in [3.05, 3.63) is 35.4 Å². The molecule has 0 bridgehead atoms. The number of hydrogen-bond donors (Lipinski definition) is 1. The monoisotopic (exact) mass is 330 g/mol. The maximum absolute atomic E-state index is 12.3. The van der Waals surface area contributed by atoms with Crippen molar-refractivity contribution in [2.24, 2.45) is 11.3 Å². The van der Waals surface area contributed by atoms with E-state index < -0.39 is 11.6 Å². The zero-order chi connectivity index (χ0) is 17.5. The lowest BCUT2D eigenvalue weighted by atomic mass is 9.75. The van der Waals surface area contributed by atoms with Gasteiger partial charge in [0.25, 0.3) is 0 Å². The lowest BCUT2D eigenvalue weighted by Crippen LogP contribution is -2.27. The number of carbonyl (C=O) groups is 2. The van der Waals surface area contributed by atoms with Gasteiger partial charge >= 0.3 is 11.9 Å². The summed E-state index contributed by atoms with van der Waals surface area (Å²) in [6.45, 7) is 5.74. The van der Waals surface area contributed by atoms with E-state index in [1.54, 1.807) is 12.1 Å². The summed E-state index contributed by atoms with van der Waals surface area (Å²) in [6.07, 6.45) is 5.20. The molecule has 0 aliphatic heterocycles. The van der Waals surface area contributed by atoms with E-state index in [0.29, 0.717) is 11.5 Å². The van der Waals surface area contributed by atoms with Crippen LogP contribution in [0.5, 0.6) is 0 Å². The first kappa shape index (κ1) is 17.0. The number of hydrogen-bond acceptors (Lipinski definition) is 3. The van der Waals surface area contributed by atoms with E-state index >= 15 is 0 Å². The predicted molar refractivity (Wildman–Crippen MR) is 91.0 cm³/mol. The standard InChI is InChI=1S/C20H26O4/c1-19(2,3)24-18(23)16-12-20(16)10-8-14(9-11-20)13-4-6-15(7-5-13)17(21)22/h4-7,14,16H,8-12H2,1-3H3,(H,21,22)/t14?,16-,20?/m0/s1. The average Bonchev–Trinajstić information content (AvgIpc) is 3.20. The Hall–Kier alpha value is -1.84. The summed E-state index contributed by atoms with van der Waals surface area (Å²) in [7, 11) is 0. The molecule has 3 rings (SSSR count). The summed E-state index contributed by atoms with van der Waals surface area (Å²) in [5.74, 6) is -0.375. The van der Waals surface area contributed by atoms with Crippen LogP contribution in [0.4, 0.5) is 0 Å². The second kappa shape index (κ2) is 5.91. The zero-order valence-electron chi connectivity index (χ0n) is 14.7. The molecule has 2 aliphatic rings. The van der Waals surface area contributed by atoms with Crippen molar-refractivity contribution < 1.29 is 19.4 Å². The fourth-order valence-electron chi connectivity index (χ4n) is 4.03. The molecular formula is C20H26O4. The van der Waals surface area contributed by atoms with Crippen LogP contribution in [0.1, 0.15) is 74.7 Å². The maximum Gasteiger partial charge on any atom is 0.335 e. The number of ether oxygens (including phenoxy) is 1. The molecule has 4 heteroatoms. The van der Waals surface area contributed by atoms with E-state index in [0.717, 1.165) is 32.1 Å². The van der Waals surface area contributed by atoms with E-state index in [2.05, 4.69) is 0 Å². The number of carbonyl (C=O) groups excluding carboxylic acids is 1. The summed E-state index contributed by atoms with van der Waals surface area (Å²) >= 11 is 0. The first-order valence-corrected chi connectivity index (χ1v) is 8.76. The molecule has 0 amide bonds. The Morgan fingerprint density at radius 1 is 1.12 bits per heavy atom. The third-order valence-electron chi connectivity index (χ3n) is 5.49. The minimum Gasteiger partial charge on any atom is -0.478 e. The van der Waals surface area contributed by atoms with Crippen molar-refractivity contribution in [3.63, 3.8) is 0 Å². The van der Waals surface area contributed by atoms with E-state index in [1.165, 1.54) is 5.56 Å². The van der Waals surface area contributed by atoms with Crippen molar-refractivity contribution in [1.29, 1.82) is 0 Å². The Balaban J connectivity index is 1.57. The summed E-state index contributed by atoms with van der Waals surface area (Å²) in [6, 6.07) is 7.24. The maximum atomic E-state index is 12.3. The number of esters is 1. The van der Waals surface area contributed by atoms with Crippen molar-refractivity contribution >= 4 is 11.9 Å². The summed E-state index contributed by atoms with van der Waals surface area (Å²) in [5, 5.41) is 8.98. The van der Waals surface area contributed by atoms with Crippen molar-refractivity contribution in [2.75, 3.05) is 0 Å². The Kier molecular flexibility index (Phi) is 4.18. The first-order chi connectivity index (χ1) is 11.2. The van der Waals surface area contributed by atoms with E-state index in [1.807, 2.05) is 32.9 Å². The molecular weight excluding hydrogens is 304 g/mol. The highest BCUT2D eigenvalue weighted by Gasteiger charge is 2.59. The van der Waals surface area contributed by atoms with Gasteiger partial charge in [-0.25, -0.2) is 4.79 Å². The molecule has 2 fully saturated rings. The van der Waals surface area contributed by atoms with Gasteiger partial charge in [0.15, 0.2) is 0 Å². The van der Waals surface area contributed by atoms with Gasteiger partial charge in [-0.1, -0.05) is 12.1 Å². The van der Waals surface area contributed by atoms with Gasteiger partial charge in [-0.2, -0.15) is 0 Å². The van der Waals surface area contributed by atoms with Crippen LogP contribution in [-0.2, 0) is 9.53 Å². The number of benzene rings is 1. The normalized spacial score (nSPS) is 29.3. The molecule has 0 radical (unpaired) electrons. The van der Waals surface area contributed by atoms with Crippen LogP contribution in [0.25, 0.3) is 0 Å². The molecule has 4 nitrogen and oxygen atoms in total. The van der Waals surface area contributed by atoms with E-state index in [-0.39, 0.29) is 17.3 Å². The number of carboxylic acids is 1. The Labute approximate surface area is 143 Å². The number of rotatable bonds is 3. The van der Waals surface area contributed by atoms with Crippen LogP contribution < -0.4 is 0 Å². The van der Waals surface area contributed by atoms with Crippen molar-refractivity contribution in [1.82, 2.24) is 0 Å². The van der Waals surface area contributed by atoms with Gasteiger partial charge in [0.05, 0.1) is 11.5 Å². The minimum absolute atomic E-state index is 0.0354. The Morgan fingerprint density at radius 2 is 1.71 bits per heavy atom. The van der Waals surface area contributed by atoms with Crippen LogP contribution >= 0.6 is 0 Å². The molecule has 0 aromatic heterocycles. The number of carboxylic acid groups (broad SMARTS) is 1. The second-order valence-corrected chi connectivity index (χ2v) is 8.35. The average molecular weight is 330 g/mol. The molecule has 130 valence electrons. The molecule has 2 aliphatic carbocycles. The smallest absolute Gasteiger partial charge is 0.335 e.